The molecule has 0 aliphatic carbocycles. The predicted octanol–water partition coefficient (Wildman–Crippen LogP) is 3.18. The molecule has 1 unspecified atom stereocenters. The van der Waals surface area contributed by atoms with Gasteiger partial charge in [-0.15, -0.1) is 6.58 Å². The van der Waals surface area contributed by atoms with Crippen molar-refractivity contribution >= 4 is 11.6 Å². The lowest BCUT2D eigenvalue weighted by Gasteiger charge is -2.12. The van der Waals surface area contributed by atoms with Crippen molar-refractivity contribution in [3.63, 3.8) is 0 Å². The molecule has 0 bridgehead atoms. The van der Waals surface area contributed by atoms with E-state index >= 15 is 0 Å². The highest BCUT2D eigenvalue weighted by Crippen LogP contribution is 2.27. The van der Waals surface area contributed by atoms with E-state index in [9.17, 15) is 5.11 Å². The molecule has 1 aromatic carbocycles. The Morgan fingerprint density at radius 2 is 2.08 bits per heavy atom. The molecule has 1 rings (SSSR count). The fourth-order valence-corrected chi connectivity index (χ4v) is 1.45. The Morgan fingerprint density at radius 1 is 1.46 bits per heavy atom. The second kappa shape index (κ2) is 3.95. The normalized spacial score (nSPS) is 12.6. The summed E-state index contributed by atoms with van der Waals surface area (Å²) in [7, 11) is 0. The van der Waals surface area contributed by atoms with Gasteiger partial charge >= 0.3 is 0 Å². The Kier molecular flexibility index (Phi) is 3.12. The van der Waals surface area contributed by atoms with Crippen molar-refractivity contribution in [3.8, 4) is 0 Å². The Morgan fingerprint density at radius 3 is 2.62 bits per heavy atom. The van der Waals surface area contributed by atoms with Gasteiger partial charge in [-0.05, 0) is 30.5 Å². The van der Waals surface area contributed by atoms with E-state index in [4.69, 9.17) is 11.6 Å². The lowest BCUT2D eigenvalue weighted by Crippen LogP contribution is -1.97. The summed E-state index contributed by atoms with van der Waals surface area (Å²) in [6.45, 7) is 7.38. The largest absolute Gasteiger partial charge is 0.384 e. The van der Waals surface area contributed by atoms with Crippen LogP contribution in [0.25, 0.3) is 0 Å². The molecule has 70 valence electrons. The molecule has 1 nitrogen and oxygen atoms in total. The van der Waals surface area contributed by atoms with Gasteiger partial charge in [0.05, 0.1) is 6.10 Å². The molecule has 0 saturated carbocycles. The Hall–Kier alpha value is -0.790. The third kappa shape index (κ3) is 1.93. The fraction of sp³-hybridized carbons (Fsp3) is 0.273. The van der Waals surface area contributed by atoms with Gasteiger partial charge in [0.1, 0.15) is 0 Å². The molecule has 1 atom stereocenters. The second-order valence-corrected chi connectivity index (χ2v) is 3.47. The van der Waals surface area contributed by atoms with Crippen LogP contribution >= 0.6 is 11.6 Å². The van der Waals surface area contributed by atoms with Crippen LogP contribution in [-0.2, 0) is 0 Å². The molecule has 1 N–H and O–H groups in total. The van der Waals surface area contributed by atoms with Crippen molar-refractivity contribution in [1.29, 1.82) is 0 Å². The summed E-state index contributed by atoms with van der Waals surface area (Å²) in [5.41, 5.74) is 2.78. The lowest BCUT2D eigenvalue weighted by atomic mass is 10.0. The van der Waals surface area contributed by atoms with Crippen molar-refractivity contribution in [2.75, 3.05) is 0 Å². The Bertz CT molecular complexity index is 331. The van der Waals surface area contributed by atoms with E-state index in [1.807, 2.05) is 26.0 Å². The standard InChI is InChI=1S/C11H13ClO/c1-4-10(13)9-6-5-7(2)11(12)8(9)3/h4-6,10,13H,1H2,2-3H3. The number of hydrogen-bond acceptors (Lipinski definition) is 1. The molecular weight excluding hydrogens is 184 g/mol. The first kappa shape index (κ1) is 10.3. The monoisotopic (exact) mass is 196 g/mol. The van der Waals surface area contributed by atoms with Crippen LogP contribution in [0.3, 0.4) is 0 Å². The van der Waals surface area contributed by atoms with Gasteiger partial charge < -0.3 is 5.11 Å². The van der Waals surface area contributed by atoms with Crippen molar-refractivity contribution < 1.29 is 5.11 Å². The number of halogens is 1. The van der Waals surface area contributed by atoms with Gasteiger partial charge in [0, 0.05) is 5.02 Å². The minimum atomic E-state index is -0.627. The van der Waals surface area contributed by atoms with Gasteiger partial charge in [-0.1, -0.05) is 29.8 Å². The summed E-state index contributed by atoms with van der Waals surface area (Å²) in [4.78, 5) is 0. The van der Waals surface area contributed by atoms with E-state index in [1.54, 1.807) is 0 Å². The van der Waals surface area contributed by atoms with Crippen molar-refractivity contribution in [2.45, 2.75) is 20.0 Å². The van der Waals surface area contributed by atoms with E-state index in [0.29, 0.717) is 0 Å². The smallest absolute Gasteiger partial charge is 0.0972 e. The maximum Gasteiger partial charge on any atom is 0.0972 e. The maximum absolute atomic E-state index is 9.55. The summed E-state index contributed by atoms with van der Waals surface area (Å²) >= 11 is 6.04. The number of hydrogen-bond donors (Lipinski definition) is 1. The summed E-state index contributed by atoms with van der Waals surface area (Å²) in [5, 5.41) is 10.3. The SMILES string of the molecule is C=CC(O)c1ccc(C)c(Cl)c1C. The third-order valence-corrected chi connectivity index (χ3v) is 2.74. The first-order valence-electron chi connectivity index (χ1n) is 4.14. The maximum atomic E-state index is 9.55. The summed E-state index contributed by atoms with van der Waals surface area (Å²) in [5.74, 6) is 0. The average molecular weight is 197 g/mol. The molecule has 0 aromatic heterocycles. The van der Waals surface area contributed by atoms with Gasteiger partial charge in [0.2, 0.25) is 0 Å². The number of aliphatic hydroxyl groups excluding tert-OH is 1. The molecule has 0 aliphatic heterocycles. The van der Waals surface area contributed by atoms with Gasteiger partial charge in [0.25, 0.3) is 0 Å². The summed E-state index contributed by atoms with van der Waals surface area (Å²) < 4.78 is 0. The third-order valence-electron chi connectivity index (χ3n) is 2.16. The van der Waals surface area contributed by atoms with E-state index in [2.05, 4.69) is 6.58 Å². The molecule has 0 spiro atoms. The van der Waals surface area contributed by atoms with Gasteiger partial charge in [-0.3, -0.25) is 0 Å². The number of aryl methyl sites for hydroxylation is 1. The van der Waals surface area contributed by atoms with Crippen molar-refractivity contribution in [3.05, 3.63) is 46.5 Å². The number of rotatable bonds is 2. The number of aliphatic hydroxyl groups is 1. The highest BCUT2D eigenvalue weighted by atomic mass is 35.5. The average Bonchev–Trinajstić information content (AvgIpc) is 2.13. The zero-order chi connectivity index (χ0) is 10.0. The molecule has 0 heterocycles. The van der Waals surface area contributed by atoms with E-state index < -0.39 is 6.10 Å². The van der Waals surface area contributed by atoms with Gasteiger partial charge in [0.15, 0.2) is 0 Å². The number of benzene rings is 1. The highest BCUT2D eigenvalue weighted by Gasteiger charge is 2.09. The lowest BCUT2D eigenvalue weighted by molar-refractivity contribution is 0.228. The molecule has 0 radical (unpaired) electrons. The topological polar surface area (TPSA) is 20.2 Å². The highest BCUT2D eigenvalue weighted by molar-refractivity contribution is 6.32. The zero-order valence-corrected chi connectivity index (χ0v) is 8.60. The van der Waals surface area contributed by atoms with Crippen LogP contribution in [0.5, 0.6) is 0 Å². The van der Waals surface area contributed by atoms with Crippen LogP contribution in [0.15, 0.2) is 24.8 Å². The molecule has 0 saturated heterocycles. The zero-order valence-electron chi connectivity index (χ0n) is 7.84. The summed E-state index contributed by atoms with van der Waals surface area (Å²) in [6, 6.07) is 3.78. The Balaban J connectivity index is 3.25. The van der Waals surface area contributed by atoms with E-state index in [0.717, 1.165) is 21.7 Å². The van der Waals surface area contributed by atoms with Crippen LogP contribution in [0, 0.1) is 13.8 Å². The Labute approximate surface area is 83.7 Å². The summed E-state index contributed by atoms with van der Waals surface area (Å²) in [6.07, 6.45) is 0.867. The van der Waals surface area contributed by atoms with Crippen LogP contribution < -0.4 is 0 Å². The van der Waals surface area contributed by atoms with Crippen LogP contribution in [0.1, 0.15) is 22.8 Å². The minimum Gasteiger partial charge on any atom is -0.384 e. The quantitative estimate of drug-likeness (QED) is 0.721. The minimum absolute atomic E-state index is 0.627. The molecule has 2 heteroatoms. The predicted molar refractivity (Wildman–Crippen MR) is 56.1 cm³/mol. The van der Waals surface area contributed by atoms with Crippen molar-refractivity contribution in [2.24, 2.45) is 0 Å². The van der Waals surface area contributed by atoms with Crippen LogP contribution in [0.2, 0.25) is 5.02 Å². The molecule has 0 fully saturated rings. The molecule has 13 heavy (non-hydrogen) atoms. The first-order valence-corrected chi connectivity index (χ1v) is 4.52. The van der Waals surface area contributed by atoms with Crippen LogP contribution in [0.4, 0.5) is 0 Å². The molecule has 0 aliphatic rings. The van der Waals surface area contributed by atoms with Crippen LogP contribution in [-0.4, -0.2) is 5.11 Å². The second-order valence-electron chi connectivity index (χ2n) is 3.09. The van der Waals surface area contributed by atoms with E-state index in [-0.39, 0.29) is 0 Å². The molecule has 0 amide bonds. The molecular formula is C11H13ClO. The van der Waals surface area contributed by atoms with Gasteiger partial charge in [-0.25, -0.2) is 0 Å². The van der Waals surface area contributed by atoms with E-state index in [1.165, 1.54) is 6.08 Å². The fourth-order valence-electron chi connectivity index (χ4n) is 1.28. The first-order chi connectivity index (χ1) is 6.07. The van der Waals surface area contributed by atoms with Gasteiger partial charge in [-0.2, -0.15) is 0 Å². The molecule has 1 aromatic rings. The van der Waals surface area contributed by atoms with Crippen molar-refractivity contribution in [1.82, 2.24) is 0 Å².